The fourth-order valence-electron chi connectivity index (χ4n) is 2.35. The summed E-state index contributed by atoms with van der Waals surface area (Å²) in [7, 11) is 0. The smallest absolute Gasteiger partial charge is 0.167 e. The largest absolute Gasteiger partial charge is 0.387 e. The molecule has 0 unspecified atom stereocenters. The van der Waals surface area contributed by atoms with Gasteiger partial charge >= 0.3 is 0 Å². The molecule has 3 rings (SSSR count). The Morgan fingerprint density at radius 3 is 2.86 bits per heavy atom. The first kappa shape index (κ1) is 15.1. The molecule has 0 saturated carbocycles. The van der Waals surface area contributed by atoms with E-state index in [-0.39, 0.29) is 12.4 Å². The Hall–Kier alpha value is -1.85. The molecule has 2 aromatic heterocycles. The molecule has 0 amide bonds. The monoisotopic (exact) mass is 311 g/mol. The highest BCUT2D eigenvalue weighted by Gasteiger charge is 2.44. The molecule has 10 nitrogen and oxygen atoms in total. The Labute approximate surface area is 125 Å². The molecule has 4 atom stereocenters. The van der Waals surface area contributed by atoms with Crippen LogP contribution in [0.4, 0.5) is 5.82 Å². The van der Waals surface area contributed by atoms with Gasteiger partial charge in [-0.2, -0.15) is 0 Å². The summed E-state index contributed by atoms with van der Waals surface area (Å²) in [5.41, 5.74) is 6.54. The zero-order valence-electron chi connectivity index (χ0n) is 11.9. The van der Waals surface area contributed by atoms with Crippen molar-refractivity contribution < 1.29 is 24.7 Å². The van der Waals surface area contributed by atoms with E-state index in [4.69, 9.17) is 20.2 Å². The van der Waals surface area contributed by atoms with Crippen LogP contribution >= 0.6 is 0 Å². The fraction of sp³-hybridized carbons (Fsp3) is 0.583. The van der Waals surface area contributed by atoms with Gasteiger partial charge in [0.25, 0.3) is 0 Å². The lowest BCUT2D eigenvalue weighted by molar-refractivity contribution is -0.306. The van der Waals surface area contributed by atoms with E-state index in [1.807, 2.05) is 0 Å². The number of fused-ring (bicyclic) bond motifs is 1. The maximum atomic E-state index is 10.2. The van der Waals surface area contributed by atoms with Gasteiger partial charge in [0.15, 0.2) is 17.7 Å². The summed E-state index contributed by atoms with van der Waals surface area (Å²) in [6.45, 7) is 2.13. The molecule has 1 fully saturated rings. The average molecular weight is 311 g/mol. The van der Waals surface area contributed by atoms with Gasteiger partial charge in [-0.05, 0) is 6.92 Å². The van der Waals surface area contributed by atoms with E-state index in [0.29, 0.717) is 17.8 Å². The maximum Gasteiger partial charge on any atom is 0.167 e. The van der Waals surface area contributed by atoms with Crippen LogP contribution in [0.3, 0.4) is 0 Å². The van der Waals surface area contributed by atoms with Crippen molar-refractivity contribution in [2.75, 3.05) is 18.9 Å². The van der Waals surface area contributed by atoms with E-state index >= 15 is 0 Å². The lowest BCUT2D eigenvalue weighted by Crippen LogP contribution is -2.33. The van der Waals surface area contributed by atoms with Crippen molar-refractivity contribution in [3.8, 4) is 0 Å². The number of aliphatic hydroxyl groups is 2. The fourth-order valence-corrected chi connectivity index (χ4v) is 2.35. The SMILES string of the molecule is CCOOC[C@H]1O[C@@H](n2cnc3c(N)ncnc32)[C@H](O)[C@@H]1O. The zero-order chi connectivity index (χ0) is 15.7. The molecule has 0 spiro atoms. The van der Waals surface area contributed by atoms with Crippen LogP contribution in [0, 0.1) is 0 Å². The van der Waals surface area contributed by atoms with E-state index in [9.17, 15) is 10.2 Å². The van der Waals surface area contributed by atoms with Crippen LogP contribution in [-0.2, 0) is 14.5 Å². The minimum Gasteiger partial charge on any atom is -0.387 e. The van der Waals surface area contributed by atoms with Gasteiger partial charge in [0, 0.05) is 0 Å². The summed E-state index contributed by atoms with van der Waals surface area (Å²) in [6.07, 6.45) is -1.15. The molecule has 0 aromatic carbocycles. The predicted octanol–water partition coefficient (Wildman–Crippen LogP) is -1.00. The van der Waals surface area contributed by atoms with Crippen LogP contribution in [0.25, 0.3) is 11.2 Å². The number of nitrogen functional groups attached to an aromatic ring is 1. The van der Waals surface area contributed by atoms with Gasteiger partial charge < -0.3 is 20.7 Å². The van der Waals surface area contributed by atoms with E-state index < -0.39 is 24.5 Å². The summed E-state index contributed by atoms with van der Waals surface area (Å²) >= 11 is 0. The highest BCUT2D eigenvalue weighted by molar-refractivity contribution is 5.81. The number of hydrogen-bond donors (Lipinski definition) is 3. The van der Waals surface area contributed by atoms with Crippen molar-refractivity contribution in [3.05, 3.63) is 12.7 Å². The van der Waals surface area contributed by atoms with Crippen LogP contribution in [0.2, 0.25) is 0 Å². The third kappa shape index (κ3) is 2.51. The Morgan fingerprint density at radius 1 is 1.27 bits per heavy atom. The van der Waals surface area contributed by atoms with Crippen LogP contribution in [0.1, 0.15) is 13.2 Å². The lowest BCUT2D eigenvalue weighted by atomic mass is 10.1. The highest BCUT2D eigenvalue weighted by atomic mass is 17.2. The molecule has 3 heterocycles. The normalized spacial score (nSPS) is 28.5. The molecule has 1 aliphatic rings. The molecule has 10 heteroatoms. The zero-order valence-corrected chi connectivity index (χ0v) is 11.9. The van der Waals surface area contributed by atoms with E-state index in [1.165, 1.54) is 17.2 Å². The number of hydrogen-bond acceptors (Lipinski definition) is 9. The third-order valence-electron chi connectivity index (χ3n) is 3.43. The number of nitrogens with zero attached hydrogens (tertiary/aromatic N) is 4. The maximum absolute atomic E-state index is 10.2. The van der Waals surface area contributed by atoms with Gasteiger partial charge in [0.05, 0.1) is 12.9 Å². The second-order valence-electron chi connectivity index (χ2n) is 4.82. The molecule has 0 aliphatic carbocycles. The minimum absolute atomic E-state index is 0.00762. The number of rotatable bonds is 5. The molecule has 1 saturated heterocycles. The number of aliphatic hydroxyl groups excluding tert-OH is 2. The molecular formula is C12H17N5O5. The van der Waals surface area contributed by atoms with Gasteiger partial charge in [-0.25, -0.2) is 24.7 Å². The first-order chi connectivity index (χ1) is 10.6. The van der Waals surface area contributed by atoms with Crippen LogP contribution in [0.5, 0.6) is 0 Å². The predicted molar refractivity (Wildman–Crippen MR) is 73.2 cm³/mol. The topological polar surface area (TPSA) is 138 Å². The number of aromatic nitrogens is 4. The van der Waals surface area contributed by atoms with Gasteiger partial charge in [0.2, 0.25) is 0 Å². The molecule has 4 N–H and O–H groups in total. The summed E-state index contributed by atoms with van der Waals surface area (Å²) in [5.74, 6) is 0.230. The van der Waals surface area contributed by atoms with Crippen molar-refractivity contribution in [2.45, 2.75) is 31.5 Å². The van der Waals surface area contributed by atoms with Crippen molar-refractivity contribution in [1.29, 1.82) is 0 Å². The first-order valence-electron chi connectivity index (χ1n) is 6.82. The molecule has 2 aromatic rings. The number of nitrogens with two attached hydrogens (primary N) is 1. The van der Waals surface area contributed by atoms with Gasteiger partial charge in [0.1, 0.15) is 36.8 Å². The van der Waals surface area contributed by atoms with Gasteiger partial charge in [-0.1, -0.05) is 0 Å². The van der Waals surface area contributed by atoms with Crippen LogP contribution in [-0.4, -0.2) is 61.3 Å². The minimum atomic E-state index is -1.16. The number of anilines is 1. The first-order valence-corrected chi connectivity index (χ1v) is 6.82. The van der Waals surface area contributed by atoms with E-state index in [0.717, 1.165) is 0 Å². The third-order valence-corrected chi connectivity index (χ3v) is 3.43. The molecule has 120 valence electrons. The second-order valence-corrected chi connectivity index (χ2v) is 4.82. The van der Waals surface area contributed by atoms with Crippen molar-refractivity contribution in [2.24, 2.45) is 0 Å². The highest BCUT2D eigenvalue weighted by Crippen LogP contribution is 2.32. The standard InChI is InChI=1S/C12H17N5O5/c1-2-20-21-3-6-8(18)9(19)12(22-6)17-5-16-7-10(13)14-4-15-11(7)17/h4-6,8-9,12,18-19H,2-3H2,1H3,(H2,13,14,15)/t6-,8-,9-,12-/m1/s1. The molecule has 22 heavy (non-hydrogen) atoms. The molecular weight excluding hydrogens is 294 g/mol. The van der Waals surface area contributed by atoms with Crippen LogP contribution < -0.4 is 5.73 Å². The van der Waals surface area contributed by atoms with E-state index in [2.05, 4.69) is 15.0 Å². The lowest BCUT2D eigenvalue weighted by Gasteiger charge is -2.16. The quantitative estimate of drug-likeness (QED) is 0.360. The molecule has 0 bridgehead atoms. The number of imidazole rings is 1. The van der Waals surface area contributed by atoms with Gasteiger partial charge in [-0.3, -0.25) is 4.57 Å². The van der Waals surface area contributed by atoms with E-state index in [1.54, 1.807) is 6.92 Å². The van der Waals surface area contributed by atoms with Crippen molar-refractivity contribution >= 4 is 17.0 Å². The summed E-state index contributed by atoms with van der Waals surface area (Å²) in [4.78, 5) is 21.7. The van der Waals surface area contributed by atoms with Crippen molar-refractivity contribution in [1.82, 2.24) is 19.5 Å². The Kier molecular flexibility index (Phi) is 4.18. The Balaban J connectivity index is 1.83. The average Bonchev–Trinajstić information content (AvgIpc) is 3.05. The summed E-state index contributed by atoms with van der Waals surface area (Å²) < 4.78 is 7.14. The molecule has 0 radical (unpaired) electrons. The summed E-state index contributed by atoms with van der Waals surface area (Å²) in [6, 6.07) is 0. The Morgan fingerprint density at radius 2 is 2.09 bits per heavy atom. The van der Waals surface area contributed by atoms with Gasteiger partial charge in [-0.15, -0.1) is 0 Å². The second kappa shape index (κ2) is 6.10. The Bertz CT molecular complexity index is 650. The summed E-state index contributed by atoms with van der Waals surface area (Å²) in [5, 5.41) is 20.2. The van der Waals surface area contributed by atoms with Crippen LogP contribution in [0.15, 0.2) is 12.7 Å². The number of ether oxygens (including phenoxy) is 1. The molecule has 1 aliphatic heterocycles. The van der Waals surface area contributed by atoms with Crippen molar-refractivity contribution in [3.63, 3.8) is 0 Å².